The van der Waals surface area contributed by atoms with Gasteiger partial charge in [0.25, 0.3) is 0 Å². The molecule has 2 fully saturated rings. The van der Waals surface area contributed by atoms with Crippen molar-refractivity contribution in [2.24, 2.45) is 11.8 Å². The summed E-state index contributed by atoms with van der Waals surface area (Å²) in [6.45, 7) is 0. The summed E-state index contributed by atoms with van der Waals surface area (Å²) in [6.07, 6.45) is 18.3. The van der Waals surface area contributed by atoms with Gasteiger partial charge >= 0.3 is 11.9 Å². The Balaban J connectivity index is 0.000000443. The van der Waals surface area contributed by atoms with Crippen LogP contribution >= 0.6 is 0 Å². The maximum atomic E-state index is 10.2. The van der Waals surface area contributed by atoms with Crippen molar-refractivity contribution in [1.82, 2.24) is 0 Å². The summed E-state index contributed by atoms with van der Waals surface area (Å²) >= 11 is 0. The first-order chi connectivity index (χ1) is 11.6. The smallest absolute Gasteiger partial charge is 0.303 e. The Hall–Kier alpha value is -0.138. The van der Waals surface area contributed by atoms with E-state index in [-0.39, 0.29) is 27.3 Å². The van der Waals surface area contributed by atoms with Crippen molar-refractivity contribution in [3.8, 4) is 0 Å². The fourth-order valence-electron chi connectivity index (χ4n) is 4.04. The van der Waals surface area contributed by atoms with Gasteiger partial charge < -0.3 is 10.2 Å². The van der Waals surface area contributed by atoms with Crippen LogP contribution in [0.25, 0.3) is 0 Å². The average Bonchev–Trinajstić information content (AvgIpc) is 2.57. The molecule has 4 radical (unpaired) electrons. The van der Waals surface area contributed by atoms with Crippen molar-refractivity contribution < 1.29 is 19.8 Å². The second-order valence-corrected chi connectivity index (χ2v) is 7.58. The molecule has 0 amide bonds. The van der Waals surface area contributed by atoms with Crippen LogP contribution in [0.1, 0.15) is 103 Å². The summed E-state index contributed by atoms with van der Waals surface area (Å²) in [5.74, 6) is 0.368. The molecule has 0 aromatic carbocycles. The summed E-state index contributed by atoms with van der Waals surface area (Å²) < 4.78 is 0. The van der Waals surface area contributed by atoms with Gasteiger partial charge in [0.2, 0.25) is 0 Å². The van der Waals surface area contributed by atoms with Gasteiger partial charge in [-0.15, -0.1) is 0 Å². The molecule has 5 heteroatoms. The van der Waals surface area contributed by atoms with Gasteiger partial charge in [-0.25, -0.2) is 0 Å². The van der Waals surface area contributed by atoms with Gasteiger partial charge in [0.05, 0.1) is 0 Å². The van der Waals surface area contributed by atoms with Gasteiger partial charge in [0.15, 0.2) is 0 Å². The summed E-state index contributed by atoms with van der Waals surface area (Å²) in [5.41, 5.74) is 0. The van der Waals surface area contributed by atoms with E-state index in [1.54, 1.807) is 0 Å². The van der Waals surface area contributed by atoms with E-state index in [2.05, 4.69) is 0 Å². The fraction of sp³-hybridized carbons (Fsp3) is 0.900. The molecular weight excluding hydrogens is 511 g/mol. The van der Waals surface area contributed by atoms with Crippen molar-refractivity contribution in [3.05, 3.63) is 0 Å². The van der Waals surface area contributed by atoms with Crippen LogP contribution in [0.3, 0.4) is 0 Å². The van der Waals surface area contributed by atoms with Gasteiger partial charge in [-0.2, -0.15) is 0 Å². The number of aliphatic carboxylic acids is 2. The van der Waals surface area contributed by atoms with Crippen LogP contribution in [0.4, 0.5) is 0 Å². The third-order valence-electron chi connectivity index (χ3n) is 5.46. The van der Waals surface area contributed by atoms with Gasteiger partial charge in [0, 0.05) is 40.1 Å². The molecule has 0 unspecified atom stereocenters. The molecule has 144 valence electrons. The number of carboxylic acid groups (broad SMARTS) is 2. The molecule has 25 heavy (non-hydrogen) atoms. The van der Waals surface area contributed by atoms with Gasteiger partial charge in [-0.3, -0.25) is 9.59 Å². The zero-order valence-corrected chi connectivity index (χ0v) is 19.6. The Morgan fingerprint density at radius 3 is 1.24 bits per heavy atom. The Kier molecular flexibility index (Phi) is 16.0. The zero-order valence-electron chi connectivity index (χ0n) is 15.7. The van der Waals surface area contributed by atoms with Crippen molar-refractivity contribution in [2.45, 2.75) is 103 Å². The minimum absolute atomic E-state index is 0. The Morgan fingerprint density at radius 2 is 0.960 bits per heavy atom. The fourth-order valence-corrected chi connectivity index (χ4v) is 4.04. The summed E-state index contributed by atoms with van der Waals surface area (Å²) in [5, 5.41) is 16.9. The second kappa shape index (κ2) is 16.1. The monoisotopic (exact) mass is 548 g/mol. The maximum absolute atomic E-state index is 10.2. The number of hydrogen-bond acceptors (Lipinski definition) is 2. The average molecular weight is 548 g/mol. The Morgan fingerprint density at radius 1 is 0.640 bits per heavy atom. The van der Waals surface area contributed by atoms with E-state index in [9.17, 15) is 9.59 Å². The molecular formula is C20H36O4Pb. The van der Waals surface area contributed by atoms with Crippen LogP contribution in [0.5, 0.6) is 0 Å². The molecule has 0 aromatic rings. The van der Waals surface area contributed by atoms with E-state index in [0.717, 1.165) is 37.5 Å². The number of carbonyl (C=O) groups is 2. The van der Waals surface area contributed by atoms with Crippen LogP contribution in [0, 0.1) is 11.8 Å². The van der Waals surface area contributed by atoms with Gasteiger partial charge in [-0.05, 0) is 37.5 Å². The minimum atomic E-state index is -0.647. The quantitative estimate of drug-likeness (QED) is 0.407. The number of hydrogen-bond donors (Lipinski definition) is 2. The van der Waals surface area contributed by atoms with E-state index >= 15 is 0 Å². The van der Waals surface area contributed by atoms with E-state index in [1.165, 1.54) is 64.2 Å². The molecule has 0 aliphatic heterocycles. The van der Waals surface area contributed by atoms with Gasteiger partial charge in [0.1, 0.15) is 0 Å². The molecule has 0 aromatic heterocycles. The van der Waals surface area contributed by atoms with Crippen LogP contribution in [-0.2, 0) is 9.59 Å². The van der Waals surface area contributed by atoms with Crippen molar-refractivity contribution in [3.63, 3.8) is 0 Å². The Bertz CT molecular complexity index is 314. The zero-order chi connectivity index (χ0) is 17.6. The second-order valence-electron chi connectivity index (χ2n) is 7.58. The SMILES string of the molecule is O=C(O)CCCC1CCCCC1.O=C(O)CCCC1CCCCC1.[Pb]. The summed E-state index contributed by atoms with van der Waals surface area (Å²) in [4.78, 5) is 20.5. The largest absolute Gasteiger partial charge is 0.481 e. The van der Waals surface area contributed by atoms with Gasteiger partial charge in [-0.1, -0.05) is 64.2 Å². The third kappa shape index (κ3) is 14.7. The minimum Gasteiger partial charge on any atom is -0.481 e. The van der Waals surface area contributed by atoms with Crippen LogP contribution in [0.2, 0.25) is 0 Å². The van der Waals surface area contributed by atoms with Crippen molar-refractivity contribution in [2.75, 3.05) is 0 Å². The maximum Gasteiger partial charge on any atom is 0.303 e. The molecule has 2 aliphatic rings. The summed E-state index contributed by atoms with van der Waals surface area (Å²) in [7, 11) is 0. The van der Waals surface area contributed by atoms with E-state index in [1.807, 2.05) is 0 Å². The molecule has 2 saturated carbocycles. The number of carboxylic acids is 2. The predicted molar refractivity (Wildman–Crippen MR) is 102 cm³/mol. The van der Waals surface area contributed by atoms with E-state index < -0.39 is 11.9 Å². The van der Waals surface area contributed by atoms with Crippen LogP contribution in [0.15, 0.2) is 0 Å². The normalized spacial score (nSPS) is 18.6. The molecule has 2 rings (SSSR count). The van der Waals surface area contributed by atoms with E-state index in [4.69, 9.17) is 10.2 Å². The molecule has 0 bridgehead atoms. The van der Waals surface area contributed by atoms with E-state index in [0.29, 0.717) is 12.8 Å². The molecule has 0 spiro atoms. The molecule has 0 saturated heterocycles. The Labute approximate surface area is 173 Å². The molecule has 2 N–H and O–H groups in total. The topological polar surface area (TPSA) is 74.6 Å². The molecule has 0 atom stereocenters. The molecule has 0 heterocycles. The van der Waals surface area contributed by atoms with Crippen molar-refractivity contribution in [1.29, 1.82) is 0 Å². The predicted octanol–water partition coefficient (Wildman–Crippen LogP) is 5.26. The number of rotatable bonds is 8. The molecule has 2 aliphatic carbocycles. The van der Waals surface area contributed by atoms with Crippen molar-refractivity contribution >= 4 is 39.2 Å². The van der Waals surface area contributed by atoms with Crippen LogP contribution < -0.4 is 0 Å². The first kappa shape index (κ1) is 24.9. The first-order valence-electron chi connectivity index (χ1n) is 10.0. The molecule has 4 nitrogen and oxygen atoms in total. The first-order valence-corrected chi connectivity index (χ1v) is 10.0. The summed E-state index contributed by atoms with van der Waals surface area (Å²) in [6, 6.07) is 0. The standard InChI is InChI=1S/2C10H18O2.Pb/c2*11-10(12)8-4-7-9-5-2-1-3-6-9;/h2*9H,1-8H2,(H,11,12);. The third-order valence-corrected chi connectivity index (χ3v) is 5.46. The van der Waals surface area contributed by atoms with Crippen LogP contribution in [-0.4, -0.2) is 49.5 Å².